The van der Waals surface area contributed by atoms with Crippen LogP contribution in [0.15, 0.2) is 0 Å². The Balaban J connectivity index is 1.72. The number of hydrogen-bond acceptors (Lipinski definition) is 5. The normalized spacial score (nSPS) is 28.6. The first kappa shape index (κ1) is 20.9. The Bertz CT molecular complexity index is 651. The Morgan fingerprint density at radius 3 is 2.46 bits per heavy atom. The summed E-state index contributed by atoms with van der Waals surface area (Å²) in [7, 11) is 0. The van der Waals surface area contributed by atoms with Crippen molar-refractivity contribution in [2.24, 2.45) is 11.3 Å². The fourth-order valence-electron chi connectivity index (χ4n) is 4.42. The molecule has 1 unspecified atom stereocenters. The lowest BCUT2D eigenvalue weighted by Gasteiger charge is -2.49. The SMILES string of the molecule is CC(C)(C)OC(=O)N1CCC2(NC(=O)N(CC3CCOCC3)C2=O)C(C)(C)C1. The van der Waals surface area contributed by atoms with E-state index in [0.29, 0.717) is 39.3 Å². The highest BCUT2D eigenvalue weighted by atomic mass is 16.6. The molecule has 0 bridgehead atoms. The molecule has 1 spiro atoms. The van der Waals surface area contributed by atoms with Crippen LogP contribution in [0.1, 0.15) is 53.9 Å². The molecule has 0 aromatic heterocycles. The smallest absolute Gasteiger partial charge is 0.410 e. The fourth-order valence-corrected chi connectivity index (χ4v) is 4.42. The Labute approximate surface area is 166 Å². The molecule has 0 aromatic rings. The molecule has 3 heterocycles. The van der Waals surface area contributed by atoms with E-state index in [4.69, 9.17) is 9.47 Å². The maximum atomic E-state index is 13.4. The van der Waals surface area contributed by atoms with Crippen LogP contribution in [0.25, 0.3) is 0 Å². The molecule has 1 N–H and O–H groups in total. The van der Waals surface area contributed by atoms with Gasteiger partial charge in [0, 0.05) is 38.3 Å². The number of imide groups is 1. The van der Waals surface area contributed by atoms with E-state index in [1.165, 1.54) is 4.90 Å². The van der Waals surface area contributed by atoms with Gasteiger partial charge in [-0.15, -0.1) is 0 Å². The summed E-state index contributed by atoms with van der Waals surface area (Å²) in [6.45, 7) is 11.9. The number of likely N-dealkylation sites (tertiary alicyclic amines) is 1. The molecule has 8 nitrogen and oxygen atoms in total. The molecule has 3 aliphatic rings. The number of urea groups is 1. The van der Waals surface area contributed by atoms with Crippen molar-refractivity contribution in [3.8, 4) is 0 Å². The van der Waals surface area contributed by atoms with E-state index in [1.54, 1.807) is 4.90 Å². The molecule has 0 radical (unpaired) electrons. The molecule has 3 rings (SSSR count). The van der Waals surface area contributed by atoms with E-state index in [1.807, 2.05) is 34.6 Å². The van der Waals surface area contributed by atoms with Crippen molar-refractivity contribution in [3.63, 3.8) is 0 Å². The average Bonchev–Trinajstić information content (AvgIpc) is 2.82. The highest BCUT2D eigenvalue weighted by Crippen LogP contribution is 2.43. The molecule has 3 saturated heterocycles. The van der Waals surface area contributed by atoms with E-state index in [0.717, 1.165) is 12.8 Å². The molecule has 3 fully saturated rings. The van der Waals surface area contributed by atoms with Crippen LogP contribution in [-0.2, 0) is 14.3 Å². The van der Waals surface area contributed by atoms with Crippen LogP contribution in [0.5, 0.6) is 0 Å². The van der Waals surface area contributed by atoms with Crippen molar-refractivity contribution >= 4 is 18.0 Å². The molecule has 8 heteroatoms. The second-order valence-corrected chi connectivity index (χ2v) is 9.84. The van der Waals surface area contributed by atoms with Gasteiger partial charge in [0.1, 0.15) is 11.1 Å². The van der Waals surface area contributed by atoms with Gasteiger partial charge in [0.2, 0.25) is 0 Å². The molecule has 0 aromatic carbocycles. The summed E-state index contributed by atoms with van der Waals surface area (Å²) < 4.78 is 10.9. The molecule has 0 saturated carbocycles. The predicted octanol–water partition coefficient (Wildman–Crippen LogP) is 2.37. The number of nitrogens with zero attached hydrogens (tertiary/aromatic N) is 2. The van der Waals surface area contributed by atoms with Crippen LogP contribution >= 0.6 is 0 Å². The molecule has 158 valence electrons. The molecule has 1 atom stereocenters. The van der Waals surface area contributed by atoms with E-state index in [9.17, 15) is 14.4 Å². The van der Waals surface area contributed by atoms with Crippen LogP contribution in [0, 0.1) is 11.3 Å². The molecular formula is C20H33N3O5. The minimum atomic E-state index is -0.978. The third-order valence-electron chi connectivity index (χ3n) is 6.11. The Hall–Kier alpha value is -1.83. The number of carbonyl (C=O) groups excluding carboxylic acids is 3. The van der Waals surface area contributed by atoms with Crippen molar-refractivity contribution in [3.05, 3.63) is 0 Å². The molecular weight excluding hydrogens is 362 g/mol. The maximum absolute atomic E-state index is 13.4. The average molecular weight is 396 g/mol. The standard InChI is InChI=1S/C20H33N3O5/c1-18(2,3)28-17(26)22-9-8-20(19(4,5)13-22)15(24)23(16(25)21-20)12-14-6-10-27-11-7-14/h14H,6-13H2,1-5H3,(H,21,25). The van der Waals surface area contributed by atoms with Gasteiger partial charge in [-0.2, -0.15) is 0 Å². The lowest BCUT2D eigenvalue weighted by molar-refractivity contribution is -0.139. The van der Waals surface area contributed by atoms with Gasteiger partial charge in [-0.05, 0) is 46.0 Å². The van der Waals surface area contributed by atoms with Gasteiger partial charge in [0.05, 0.1) is 0 Å². The largest absolute Gasteiger partial charge is 0.444 e. The number of piperidine rings is 1. The van der Waals surface area contributed by atoms with Gasteiger partial charge in [0.25, 0.3) is 5.91 Å². The van der Waals surface area contributed by atoms with Crippen LogP contribution in [0.3, 0.4) is 0 Å². The van der Waals surface area contributed by atoms with Crippen LogP contribution in [0.2, 0.25) is 0 Å². The quantitative estimate of drug-likeness (QED) is 0.725. The summed E-state index contributed by atoms with van der Waals surface area (Å²) >= 11 is 0. The highest BCUT2D eigenvalue weighted by molar-refractivity contribution is 6.07. The van der Waals surface area contributed by atoms with Gasteiger partial charge >= 0.3 is 12.1 Å². The number of hydrogen-bond donors (Lipinski definition) is 1. The maximum Gasteiger partial charge on any atom is 0.410 e. The summed E-state index contributed by atoms with van der Waals surface area (Å²) in [5, 5.41) is 2.98. The first-order chi connectivity index (χ1) is 13.0. The van der Waals surface area contributed by atoms with Gasteiger partial charge < -0.3 is 19.7 Å². The van der Waals surface area contributed by atoms with Crippen molar-refractivity contribution in [2.45, 2.75) is 65.0 Å². The number of amides is 4. The summed E-state index contributed by atoms with van der Waals surface area (Å²) in [6.07, 6.45) is 1.72. The van der Waals surface area contributed by atoms with Crippen LogP contribution in [-0.4, -0.2) is 71.8 Å². The first-order valence-corrected chi connectivity index (χ1v) is 10.1. The first-order valence-electron chi connectivity index (χ1n) is 10.1. The lowest BCUT2D eigenvalue weighted by atomic mass is 9.67. The zero-order chi connectivity index (χ0) is 20.7. The van der Waals surface area contributed by atoms with E-state index in [2.05, 4.69) is 5.32 Å². The number of rotatable bonds is 2. The molecule has 3 aliphatic heterocycles. The monoisotopic (exact) mass is 395 g/mol. The van der Waals surface area contributed by atoms with Gasteiger partial charge in [-0.1, -0.05) is 13.8 Å². The van der Waals surface area contributed by atoms with Gasteiger partial charge in [-0.3, -0.25) is 9.69 Å². The third kappa shape index (κ3) is 3.83. The summed E-state index contributed by atoms with van der Waals surface area (Å²) in [6, 6.07) is -0.324. The van der Waals surface area contributed by atoms with Gasteiger partial charge in [0.15, 0.2) is 0 Å². The van der Waals surface area contributed by atoms with E-state index >= 15 is 0 Å². The zero-order valence-corrected chi connectivity index (χ0v) is 17.7. The van der Waals surface area contributed by atoms with Crippen molar-refractivity contribution in [2.75, 3.05) is 32.8 Å². The summed E-state index contributed by atoms with van der Waals surface area (Å²) in [5.74, 6) is 0.112. The Kier molecular flexibility index (Phi) is 5.38. The van der Waals surface area contributed by atoms with Crippen LogP contribution < -0.4 is 5.32 Å². The summed E-state index contributed by atoms with van der Waals surface area (Å²) in [4.78, 5) is 41.5. The second kappa shape index (κ2) is 7.21. The number of ether oxygens (including phenoxy) is 2. The van der Waals surface area contributed by atoms with E-state index < -0.39 is 16.6 Å². The van der Waals surface area contributed by atoms with Crippen LogP contribution in [0.4, 0.5) is 9.59 Å². The third-order valence-corrected chi connectivity index (χ3v) is 6.11. The molecule has 0 aliphatic carbocycles. The molecule has 28 heavy (non-hydrogen) atoms. The van der Waals surface area contributed by atoms with Gasteiger partial charge in [-0.25, -0.2) is 9.59 Å². The topological polar surface area (TPSA) is 88.2 Å². The summed E-state index contributed by atoms with van der Waals surface area (Å²) in [5.41, 5.74) is -2.17. The Morgan fingerprint density at radius 1 is 1.25 bits per heavy atom. The minimum Gasteiger partial charge on any atom is -0.444 e. The van der Waals surface area contributed by atoms with Crippen molar-refractivity contribution in [1.29, 1.82) is 0 Å². The lowest BCUT2D eigenvalue weighted by Crippen LogP contribution is -2.66. The number of nitrogens with one attached hydrogen (secondary N) is 1. The Morgan fingerprint density at radius 2 is 1.89 bits per heavy atom. The van der Waals surface area contributed by atoms with E-state index in [-0.39, 0.29) is 23.9 Å². The highest BCUT2D eigenvalue weighted by Gasteiger charge is 2.62. The minimum absolute atomic E-state index is 0.169. The predicted molar refractivity (Wildman–Crippen MR) is 103 cm³/mol. The number of carbonyl (C=O) groups is 3. The fraction of sp³-hybridized carbons (Fsp3) is 0.850. The van der Waals surface area contributed by atoms with Crippen molar-refractivity contribution < 1.29 is 23.9 Å². The second-order valence-electron chi connectivity index (χ2n) is 9.84. The zero-order valence-electron chi connectivity index (χ0n) is 17.7. The molecule has 4 amide bonds. The van der Waals surface area contributed by atoms with Crippen molar-refractivity contribution in [1.82, 2.24) is 15.1 Å².